The van der Waals surface area contributed by atoms with Gasteiger partial charge in [-0.05, 0) is 61.3 Å². The molecule has 3 rings (SSSR count). The number of hydrogen-bond donors (Lipinski definition) is 1. The van der Waals surface area contributed by atoms with Crippen molar-refractivity contribution < 1.29 is 19.4 Å². The van der Waals surface area contributed by atoms with Crippen molar-refractivity contribution in [3.63, 3.8) is 0 Å². The van der Waals surface area contributed by atoms with Gasteiger partial charge in [-0.25, -0.2) is 0 Å². The molecule has 0 bridgehead atoms. The Kier molecular flexibility index (Phi) is 7.37. The second kappa shape index (κ2) is 9.59. The first-order valence-corrected chi connectivity index (χ1v) is 11.6. The largest absolute Gasteiger partial charge is 0.461 e. The Balaban J connectivity index is 1.74. The molecular formula is C25H38O4. The average molecular weight is 403 g/mol. The molecule has 29 heavy (non-hydrogen) atoms. The Morgan fingerprint density at radius 3 is 2.69 bits per heavy atom. The van der Waals surface area contributed by atoms with Crippen LogP contribution in [0.1, 0.15) is 72.6 Å². The molecule has 1 saturated carbocycles. The smallest absolute Gasteiger partial charge is 0.308 e. The Morgan fingerprint density at radius 1 is 1.24 bits per heavy atom. The minimum absolute atomic E-state index is 0.0654. The van der Waals surface area contributed by atoms with Crippen LogP contribution in [0, 0.1) is 35.5 Å². The normalized spacial score (nSPS) is 38.2. The zero-order chi connectivity index (χ0) is 21.1. The highest BCUT2D eigenvalue weighted by Gasteiger charge is 2.42. The number of aliphatic hydroxyl groups is 1. The minimum Gasteiger partial charge on any atom is -0.461 e. The van der Waals surface area contributed by atoms with Crippen molar-refractivity contribution in [2.24, 2.45) is 35.5 Å². The van der Waals surface area contributed by atoms with Crippen LogP contribution in [-0.2, 0) is 14.3 Å². The highest BCUT2D eigenvalue weighted by atomic mass is 16.5. The maximum atomic E-state index is 12.6. The van der Waals surface area contributed by atoms with E-state index in [-0.39, 0.29) is 35.6 Å². The molecule has 1 N–H and O–H groups in total. The van der Waals surface area contributed by atoms with Crippen LogP contribution in [0.3, 0.4) is 0 Å². The van der Waals surface area contributed by atoms with Gasteiger partial charge in [0.15, 0.2) is 0 Å². The third-order valence-corrected chi connectivity index (χ3v) is 7.37. The van der Waals surface area contributed by atoms with Gasteiger partial charge in [-0.3, -0.25) is 9.59 Å². The summed E-state index contributed by atoms with van der Waals surface area (Å²) in [6, 6.07) is 0. The van der Waals surface area contributed by atoms with E-state index in [2.05, 4.69) is 32.1 Å². The first-order chi connectivity index (χ1) is 13.8. The van der Waals surface area contributed by atoms with E-state index in [1.807, 2.05) is 13.8 Å². The maximum Gasteiger partial charge on any atom is 0.308 e. The van der Waals surface area contributed by atoms with Gasteiger partial charge in [0.1, 0.15) is 11.9 Å². The number of esters is 1. The van der Waals surface area contributed by atoms with E-state index in [4.69, 9.17) is 4.74 Å². The molecule has 4 heteroatoms. The van der Waals surface area contributed by atoms with Crippen molar-refractivity contribution in [1.82, 2.24) is 0 Å². The number of rotatable bonds is 6. The van der Waals surface area contributed by atoms with Crippen LogP contribution in [0.5, 0.6) is 0 Å². The molecule has 4 nitrogen and oxygen atoms in total. The van der Waals surface area contributed by atoms with Crippen molar-refractivity contribution in [1.29, 1.82) is 0 Å². The third kappa shape index (κ3) is 5.39. The van der Waals surface area contributed by atoms with E-state index in [9.17, 15) is 14.7 Å². The molecule has 0 aromatic heterocycles. The van der Waals surface area contributed by atoms with E-state index in [1.165, 1.54) is 5.57 Å². The molecule has 0 aromatic carbocycles. The molecule has 162 valence electrons. The van der Waals surface area contributed by atoms with E-state index >= 15 is 0 Å². The second-order valence-corrected chi connectivity index (χ2v) is 9.85. The number of allylic oxidation sites excluding steroid dienone is 3. The number of carbonyl (C=O) groups is 2. The maximum absolute atomic E-state index is 12.6. The number of carbonyl (C=O) groups excluding carboxylic acids is 2. The van der Waals surface area contributed by atoms with Gasteiger partial charge in [0.2, 0.25) is 0 Å². The lowest BCUT2D eigenvalue weighted by molar-refractivity contribution is -0.158. The summed E-state index contributed by atoms with van der Waals surface area (Å²) in [4.78, 5) is 24.5. The summed E-state index contributed by atoms with van der Waals surface area (Å²) in [6.07, 6.45) is 11.6. The van der Waals surface area contributed by atoms with Gasteiger partial charge in [-0.1, -0.05) is 45.9 Å². The fraction of sp³-hybridized carbons (Fsp3) is 0.760. The lowest BCUT2D eigenvalue weighted by atomic mass is 9.64. The summed E-state index contributed by atoms with van der Waals surface area (Å²) >= 11 is 0. The highest BCUT2D eigenvalue weighted by molar-refractivity contribution is 5.79. The summed E-state index contributed by atoms with van der Waals surface area (Å²) in [5.74, 6) is 1.79. The van der Waals surface area contributed by atoms with Crippen molar-refractivity contribution in [2.45, 2.75) is 84.8 Å². The van der Waals surface area contributed by atoms with Crippen LogP contribution in [-0.4, -0.2) is 29.1 Å². The standard InChI is InChI=1S/C25H38O4/c1-5-16(3)25(28)29-23-11-15(2)10-19-8-6-17(4)22(24(19)23)9-7-18-12-20(26)14-21(27)13-18/h6,8,10,15-18,20,22-24,26H,5,7,9,11-14H2,1-4H3. The molecule has 0 aliphatic heterocycles. The number of aliphatic hydroxyl groups excluding tert-OH is 1. The Morgan fingerprint density at radius 2 is 2.00 bits per heavy atom. The van der Waals surface area contributed by atoms with Gasteiger partial charge in [0.25, 0.3) is 0 Å². The van der Waals surface area contributed by atoms with Gasteiger partial charge in [0, 0.05) is 18.8 Å². The zero-order valence-corrected chi connectivity index (χ0v) is 18.5. The van der Waals surface area contributed by atoms with E-state index in [0.29, 0.717) is 30.6 Å². The van der Waals surface area contributed by atoms with Gasteiger partial charge in [-0.15, -0.1) is 0 Å². The van der Waals surface area contributed by atoms with Crippen molar-refractivity contribution >= 4 is 11.8 Å². The van der Waals surface area contributed by atoms with Crippen LogP contribution in [0.2, 0.25) is 0 Å². The first kappa shape index (κ1) is 22.3. The Hall–Kier alpha value is -1.42. The molecule has 3 aliphatic carbocycles. The lowest BCUT2D eigenvalue weighted by Gasteiger charge is -2.43. The van der Waals surface area contributed by atoms with Gasteiger partial charge in [0.05, 0.1) is 12.0 Å². The predicted octanol–water partition coefficient (Wildman–Crippen LogP) is 4.86. The van der Waals surface area contributed by atoms with Crippen LogP contribution in [0.15, 0.2) is 23.8 Å². The second-order valence-electron chi connectivity index (χ2n) is 9.85. The van der Waals surface area contributed by atoms with Crippen LogP contribution in [0.25, 0.3) is 0 Å². The van der Waals surface area contributed by atoms with Crippen molar-refractivity contribution in [3.8, 4) is 0 Å². The molecule has 0 spiro atoms. The Bertz CT molecular complexity index is 664. The molecule has 3 aliphatic rings. The summed E-state index contributed by atoms with van der Waals surface area (Å²) in [7, 11) is 0. The fourth-order valence-electron chi connectivity index (χ4n) is 5.52. The van der Waals surface area contributed by atoms with Crippen molar-refractivity contribution in [2.75, 3.05) is 0 Å². The summed E-state index contributed by atoms with van der Waals surface area (Å²) in [5, 5.41) is 9.97. The van der Waals surface area contributed by atoms with E-state index < -0.39 is 6.10 Å². The van der Waals surface area contributed by atoms with Gasteiger partial charge < -0.3 is 9.84 Å². The topological polar surface area (TPSA) is 63.6 Å². The summed E-state index contributed by atoms with van der Waals surface area (Å²) in [5.41, 5.74) is 1.31. The summed E-state index contributed by atoms with van der Waals surface area (Å²) in [6.45, 7) is 8.42. The average Bonchev–Trinajstić information content (AvgIpc) is 2.65. The van der Waals surface area contributed by atoms with E-state index in [0.717, 1.165) is 32.1 Å². The number of fused-ring (bicyclic) bond motifs is 1. The first-order valence-electron chi connectivity index (χ1n) is 11.6. The van der Waals surface area contributed by atoms with Crippen LogP contribution < -0.4 is 0 Å². The van der Waals surface area contributed by atoms with Gasteiger partial charge in [-0.2, -0.15) is 0 Å². The Labute approximate surface area is 175 Å². The van der Waals surface area contributed by atoms with Crippen LogP contribution >= 0.6 is 0 Å². The quantitative estimate of drug-likeness (QED) is 0.645. The molecule has 8 atom stereocenters. The monoisotopic (exact) mass is 402 g/mol. The molecule has 0 heterocycles. The van der Waals surface area contributed by atoms with E-state index in [1.54, 1.807) is 0 Å². The fourth-order valence-corrected chi connectivity index (χ4v) is 5.52. The molecular weight excluding hydrogens is 364 g/mol. The number of ketones is 1. The molecule has 0 saturated heterocycles. The predicted molar refractivity (Wildman–Crippen MR) is 114 cm³/mol. The highest BCUT2D eigenvalue weighted by Crippen LogP contribution is 2.45. The molecule has 0 radical (unpaired) electrons. The SMILES string of the molecule is CCC(C)C(=O)OC1CC(C)C=C2C=CC(C)C(CCC3CC(=O)CC(O)C3)C21. The molecule has 8 unspecified atom stereocenters. The van der Waals surface area contributed by atoms with Gasteiger partial charge >= 0.3 is 5.97 Å². The summed E-state index contributed by atoms with van der Waals surface area (Å²) < 4.78 is 6.08. The third-order valence-electron chi connectivity index (χ3n) is 7.37. The van der Waals surface area contributed by atoms with Crippen LogP contribution in [0.4, 0.5) is 0 Å². The molecule has 0 amide bonds. The van der Waals surface area contributed by atoms with Crippen molar-refractivity contribution in [3.05, 3.63) is 23.8 Å². The molecule has 0 aromatic rings. The zero-order valence-electron chi connectivity index (χ0n) is 18.5. The lowest BCUT2D eigenvalue weighted by Crippen LogP contribution is -2.41. The minimum atomic E-state index is -0.472. The number of Topliss-reactive ketones (excluding diaryl/α,β-unsaturated/α-hetero) is 1. The number of hydrogen-bond acceptors (Lipinski definition) is 4. The molecule has 1 fully saturated rings. The number of ether oxygens (including phenoxy) is 1.